The van der Waals surface area contributed by atoms with Gasteiger partial charge in [-0.3, -0.25) is 4.90 Å². The molecule has 1 heterocycles. The zero-order valence-electron chi connectivity index (χ0n) is 14.2. The van der Waals surface area contributed by atoms with Gasteiger partial charge in [0.2, 0.25) is 0 Å². The normalized spacial score (nSPS) is 29.9. The van der Waals surface area contributed by atoms with Gasteiger partial charge in [0.25, 0.3) is 0 Å². The minimum atomic E-state index is 0.493. The molecule has 2 saturated carbocycles. The Morgan fingerprint density at radius 3 is 2.48 bits per heavy atom. The summed E-state index contributed by atoms with van der Waals surface area (Å²) in [4.78, 5) is 2.91. The van der Waals surface area contributed by atoms with Gasteiger partial charge < -0.3 is 5.32 Å². The molecule has 2 nitrogen and oxygen atoms in total. The summed E-state index contributed by atoms with van der Waals surface area (Å²) in [5, 5.41) is 4.00. The smallest absolute Gasteiger partial charge is 0.0309 e. The summed E-state index contributed by atoms with van der Waals surface area (Å²) >= 11 is 0. The maximum Gasteiger partial charge on any atom is 0.0309 e. The largest absolute Gasteiger partial charge is 0.308 e. The van der Waals surface area contributed by atoms with E-state index in [1.807, 2.05) is 0 Å². The summed E-state index contributed by atoms with van der Waals surface area (Å²) < 4.78 is 0. The zero-order valence-corrected chi connectivity index (χ0v) is 14.2. The SMILES string of the molecule is CCCCCCCN1CC2(CCCCC2)NCC1C1CC1. The first-order valence-corrected chi connectivity index (χ1v) is 9.82. The Balaban J connectivity index is 1.51. The average molecular weight is 293 g/mol. The number of rotatable bonds is 7. The van der Waals surface area contributed by atoms with Crippen LogP contribution in [0, 0.1) is 5.92 Å². The molecule has 0 amide bonds. The highest BCUT2D eigenvalue weighted by Gasteiger charge is 2.44. The Bertz CT molecular complexity index is 305. The molecule has 1 unspecified atom stereocenters. The minimum Gasteiger partial charge on any atom is -0.308 e. The summed E-state index contributed by atoms with van der Waals surface area (Å²) in [6.45, 7) is 6.31. The van der Waals surface area contributed by atoms with E-state index in [2.05, 4.69) is 17.1 Å². The highest BCUT2D eigenvalue weighted by Crippen LogP contribution is 2.40. The molecule has 3 aliphatic rings. The van der Waals surface area contributed by atoms with E-state index in [9.17, 15) is 0 Å². The van der Waals surface area contributed by atoms with Crippen LogP contribution >= 0.6 is 0 Å². The monoisotopic (exact) mass is 292 g/mol. The van der Waals surface area contributed by atoms with Crippen LogP contribution in [-0.2, 0) is 0 Å². The van der Waals surface area contributed by atoms with Crippen molar-refractivity contribution in [2.75, 3.05) is 19.6 Å². The maximum absolute atomic E-state index is 4.00. The lowest BCUT2D eigenvalue weighted by Gasteiger charge is -2.50. The molecule has 0 aromatic heterocycles. The van der Waals surface area contributed by atoms with Crippen molar-refractivity contribution >= 4 is 0 Å². The molecule has 1 aliphatic heterocycles. The second kappa shape index (κ2) is 7.46. The Hall–Kier alpha value is -0.0800. The second-order valence-corrected chi connectivity index (χ2v) is 8.01. The van der Waals surface area contributed by atoms with E-state index in [-0.39, 0.29) is 0 Å². The van der Waals surface area contributed by atoms with Gasteiger partial charge in [-0.1, -0.05) is 51.9 Å². The molecule has 0 bridgehead atoms. The summed E-state index contributed by atoms with van der Waals surface area (Å²) in [7, 11) is 0. The van der Waals surface area contributed by atoms with Crippen molar-refractivity contribution in [3.63, 3.8) is 0 Å². The Labute approximate surface area is 132 Å². The van der Waals surface area contributed by atoms with Gasteiger partial charge in [-0.25, -0.2) is 0 Å². The van der Waals surface area contributed by atoms with Crippen LogP contribution < -0.4 is 5.32 Å². The van der Waals surface area contributed by atoms with Gasteiger partial charge in [0.15, 0.2) is 0 Å². The van der Waals surface area contributed by atoms with Crippen LogP contribution in [-0.4, -0.2) is 36.1 Å². The van der Waals surface area contributed by atoms with Crippen LogP contribution in [0.4, 0.5) is 0 Å². The second-order valence-electron chi connectivity index (χ2n) is 8.01. The van der Waals surface area contributed by atoms with E-state index < -0.39 is 0 Å². The zero-order chi connectivity index (χ0) is 14.5. The molecule has 2 aliphatic carbocycles. The fraction of sp³-hybridized carbons (Fsp3) is 1.00. The van der Waals surface area contributed by atoms with Crippen molar-refractivity contribution in [3.8, 4) is 0 Å². The van der Waals surface area contributed by atoms with Gasteiger partial charge in [0.05, 0.1) is 0 Å². The number of nitrogens with zero attached hydrogens (tertiary/aromatic N) is 1. The van der Waals surface area contributed by atoms with Gasteiger partial charge >= 0.3 is 0 Å². The van der Waals surface area contributed by atoms with Crippen LogP contribution in [0.25, 0.3) is 0 Å². The molecule has 1 atom stereocenters. The lowest BCUT2D eigenvalue weighted by atomic mass is 9.79. The highest BCUT2D eigenvalue weighted by atomic mass is 15.3. The first-order chi connectivity index (χ1) is 10.3. The molecular weight excluding hydrogens is 256 g/mol. The average Bonchev–Trinajstić information content (AvgIpc) is 3.33. The molecule has 1 N–H and O–H groups in total. The van der Waals surface area contributed by atoms with Crippen molar-refractivity contribution in [1.29, 1.82) is 0 Å². The van der Waals surface area contributed by atoms with Gasteiger partial charge in [-0.2, -0.15) is 0 Å². The first kappa shape index (κ1) is 15.8. The molecule has 3 rings (SSSR count). The Morgan fingerprint density at radius 1 is 1.00 bits per heavy atom. The molecule has 0 aromatic carbocycles. The molecule has 21 heavy (non-hydrogen) atoms. The van der Waals surface area contributed by atoms with E-state index in [0.717, 1.165) is 12.0 Å². The van der Waals surface area contributed by atoms with Crippen molar-refractivity contribution in [2.24, 2.45) is 5.92 Å². The summed E-state index contributed by atoms with van der Waals surface area (Å²) in [5.41, 5.74) is 0.493. The van der Waals surface area contributed by atoms with E-state index in [1.165, 1.54) is 96.7 Å². The number of nitrogens with one attached hydrogen (secondary N) is 1. The van der Waals surface area contributed by atoms with Crippen molar-refractivity contribution in [3.05, 3.63) is 0 Å². The highest BCUT2D eigenvalue weighted by molar-refractivity contribution is 5.03. The van der Waals surface area contributed by atoms with Crippen molar-refractivity contribution in [2.45, 2.75) is 95.6 Å². The van der Waals surface area contributed by atoms with Crippen LogP contribution in [0.1, 0.15) is 84.0 Å². The molecular formula is C19H36N2. The maximum atomic E-state index is 4.00. The summed E-state index contributed by atoms with van der Waals surface area (Å²) in [6.07, 6.45) is 17.3. The number of hydrogen-bond acceptors (Lipinski definition) is 2. The van der Waals surface area contributed by atoms with Gasteiger partial charge in [-0.05, 0) is 44.6 Å². The van der Waals surface area contributed by atoms with E-state index in [0.29, 0.717) is 5.54 Å². The Morgan fingerprint density at radius 2 is 1.76 bits per heavy atom. The lowest BCUT2D eigenvalue weighted by Crippen LogP contribution is -2.65. The van der Waals surface area contributed by atoms with E-state index >= 15 is 0 Å². The number of piperazine rings is 1. The van der Waals surface area contributed by atoms with Crippen LogP contribution in [0.2, 0.25) is 0 Å². The first-order valence-electron chi connectivity index (χ1n) is 9.82. The lowest BCUT2D eigenvalue weighted by molar-refractivity contribution is 0.0453. The van der Waals surface area contributed by atoms with Gasteiger partial charge in [0, 0.05) is 24.7 Å². The predicted molar refractivity (Wildman–Crippen MR) is 90.7 cm³/mol. The van der Waals surface area contributed by atoms with Crippen LogP contribution in [0.3, 0.4) is 0 Å². The third-order valence-electron chi connectivity index (χ3n) is 6.19. The molecule has 2 heteroatoms. The fourth-order valence-electron chi connectivity index (χ4n) is 4.68. The molecule has 1 saturated heterocycles. The molecule has 1 spiro atoms. The standard InChI is InChI=1S/C19H36N2/c1-2-3-4-5-9-14-21-16-19(12-7-6-8-13-19)20-15-18(21)17-10-11-17/h17-18,20H,2-16H2,1H3. The molecule has 3 fully saturated rings. The van der Waals surface area contributed by atoms with Crippen LogP contribution in [0.5, 0.6) is 0 Å². The summed E-state index contributed by atoms with van der Waals surface area (Å²) in [5.74, 6) is 1.02. The predicted octanol–water partition coefficient (Wildman–Crippen LogP) is 4.34. The number of hydrogen-bond donors (Lipinski definition) is 1. The topological polar surface area (TPSA) is 15.3 Å². The minimum absolute atomic E-state index is 0.493. The van der Waals surface area contributed by atoms with E-state index in [4.69, 9.17) is 0 Å². The fourth-order valence-corrected chi connectivity index (χ4v) is 4.68. The third kappa shape index (κ3) is 4.22. The number of unbranched alkanes of at least 4 members (excludes halogenated alkanes) is 4. The molecule has 0 radical (unpaired) electrons. The van der Waals surface area contributed by atoms with Crippen LogP contribution in [0.15, 0.2) is 0 Å². The van der Waals surface area contributed by atoms with Crippen molar-refractivity contribution < 1.29 is 0 Å². The van der Waals surface area contributed by atoms with Gasteiger partial charge in [-0.15, -0.1) is 0 Å². The van der Waals surface area contributed by atoms with Gasteiger partial charge in [0.1, 0.15) is 0 Å². The summed E-state index contributed by atoms with van der Waals surface area (Å²) in [6, 6.07) is 0.865. The quantitative estimate of drug-likeness (QED) is 0.702. The molecule has 0 aromatic rings. The van der Waals surface area contributed by atoms with E-state index in [1.54, 1.807) is 0 Å². The third-order valence-corrected chi connectivity index (χ3v) is 6.19. The molecule has 122 valence electrons. The van der Waals surface area contributed by atoms with Crippen molar-refractivity contribution in [1.82, 2.24) is 10.2 Å². The Kier molecular flexibility index (Phi) is 5.61.